The normalized spacial score (nSPS) is 13.4. The van der Waals surface area contributed by atoms with Crippen LogP contribution in [0.3, 0.4) is 0 Å². The Balaban J connectivity index is 2.19. The van der Waals surface area contributed by atoms with Gasteiger partial charge < -0.3 is 5.32 Å². The molecule has 2 nitrogen and oxygen atoms in total. The Kier molecular flexibility index (Phi) is 4.61. The zero-order valence-corrected chi connectivity index (χ0v) is 13.8. The fourth-order valence-corrected chi connectivity index (χ4v) is 3.34. The first-order chi connectivity index (χ1) is 9.41. The summed E-state index contributed by atoms with van der Waals surface area (Å²) in [5.74, 6) is 0. The highest BCUT2D eigenvalue weighted by atomic mass is 32.1. The topological polar surface area (TPSA) is 24.9 Å². The summed E-state index contributed by atoms with van der Waals surface area (Å²) in [6, 6.07) is 8.90. The summed E-state index contributed by atoms with van der Waals surface area (Å²) in [6.45, 7) is 8.80. The maximum atomic E-state index is 4.80. The lowest BCUT2D eigenvalue weighted by atomic mass is 9.93. The molecule has 0 aliphatic carbocycles. The number of likely N-dealkylation sites (N-methyl/N-ethyl adjacent to an activating group) is 1. The summed E-state index contributed by atoms with van der Waals surface area (Å²) >= 11 is 1.77. The van der Waals surface area contributed by atoms with Gasteiger partial charge in [0.25, 0.3) is 0 Å². The maximum Gasteiger partial charge on any atom is 0.0947 e. The van der Waals surface area contributed by atoms with Crippen LogP contribution in [-0.2, 0) is 11.8 Å². The van der Waals surface area contributed by atoms with E-state index in [0.29, 0.717) is 6.04 Å². The van der Waals surface area contributed by atoms with Crippen LogP contribution in [0.1, 0.15) is 48.6 Å². The SMILES string of the molecule is CNC(Cc1nc(C(C)(C)C)cs1)c1ccccc1C. The van der Waals surface area contributed by atoms with Crippen LogP contribution in [0.4, 0.5) is 0 Å². The molecule has 3 heteroatoms. The van der Waals surface area contributed by atoms with Crippen molar-refractivity contribution in [1.29, 1.82) is 0 Å². The molecule has 20 heavy (non-hydrogen) atoms. The first-order valence-electron chi connectivity index (χ1n) is 7.09. The van der Waals surface area contributed by atoms with E-state index in [1.807, 2.05) is 7.05 Å². The van der Waals surface area contributed by atoms with E-state index in [1.165, 1.54) is 21.8 Å². The Bertz CT molecular complexity index is 566. The van der Waals surface area contributed by atoms with Crippen LogP contribution in [-0.4, -0.2) is 12.0 Å². The van der Waals surface area contributed by atoms with Crippen molar-refractivity contribution in [2.24, 2.45) is 0 Å². The van der Waals surface area contributed by atoms with Crippen molar-refractivity contribution >= 4 is 11.3 Å². The Morgan fingerprint density at radius 3 is 2.50 bits per heavy atom. The standard InChI is InChI=1S/C17H24N2S/c1-12-8-6-7-9-13(12)14(18-5)10-16-19-15(11-20-16)17(2,3)4/h6-9,11,14,18H,10H2,1-5H3. The van der Waals surface area contributed by atoms with Gasteiger partial charge in [0, 0.05) is 23.3 Å². The molecule has 0 saturated heterocycles. The number of thiazole rings is 1. The van der Waals surface area contributed by atoms with Gasteiger partial charge in [-0.3, -0.25) is 0 Å². The van der Waals surface area contributed by atoms with E-state index in [9.17, 15) is 0 Å². The van der Waals surface area contributed by atoms with Crippen LogP contribution in [0.25, 0.3) is 0 Å². The van der Waals surface area contributed by atoms with E-state index in [2.05, 4.69) is 62.7 Å². The van der Waals surface area contributed by atoms with Gasteiger partial charge in [0.05, 0.1) is 10.7 Å². The van der Waals surface area contributed by atoms with E-state index >= 15 is 0 Å². The summed E-state index contributed by atoms with van der Waals surface area (Å²) in [5.41, 5.74) is 4.02. The molecule has 0 bridgehead atoms. The molecule has 0 amide bonds. The summed E-state index contributed by atoms with van der Waals surface area (Å²) < 4.78 is 0. The molecule has 1 aromatic carbocycles. The van der Waals surface area contributed by atoms with Gasteiger partial charge in [-0.1, -0.05) is 45.0 Å². The molecular formula is C17H24N2S. The van der Waals surface area contributed by atoms with E-state index < -0.39 is 0 Å². The van der Waals surface area contributed by atoms with Gasteiger partial charge in [-0.15, -0.1) is 11.3 Å². The van der Waals surface area contributed by atoms with Crippen LogP contribution in [0.5, 0.6) is 0 Å². The van der Waals surface area contributed by atoms with Gasteiger partial charge in [0.1, 0.15) is 0 Å². The number of benzene rings is 1. The molecule has 1 N–H and O–H groups in total. The smallest absolute Gasteiger partial charge is 0.0947 e. The van der Waals surface area contributed by atoms with Crippen LogP contribution < -0.4 is 5.32 Å². The first kappa shape index (κ1) is 15.2. The molecule has 1 atom stereocenters. The van der Waals surface area contributed by atoms with E-state index in [-0.39, 0.29) is 5.41 Å². The number of nitrogens with one attached hydrogen (secondary N) is 1. The molecule has 0 saturated carbocycles. The van der Waals surface area contributed by atoms with E-state index in [4.69, 9.17) is 4.98 Å². The summed E-state index contributed by atoms with van der Waals surface area (Å²) in [7, 11) is 2.02. The first-order valence-corrected chi connectivity index (χ1v) is 7.97. The van der Waals surface area contributed by atoms with Crippen molar-refractivity contribution in [2.75, 3.05) is 7.05 Å². The molecular weight excluding hydrogens is 264 g/mol. The average molecular weight is 288 g/mol. The van der Waals surface area contributed by atoms with Crippen LogP contribution in [0, 0.1) is 6.92 Å². The van der Waals surface area contributed by atoms with Gasteiger partial charge in [-0.25, -0.2) is 4.98 Å². The zero-order chi connectivity index (χ0) is 14.8. The van der Waals surface area contributed by atoms with Crippen molar-refractivity contribution < 1.29 is 0 Å². The largest absolute Gasteiger partial charge is 0.313 e. The minimum atomic E-state index is 0.132. The van der Waals surface area contributed by atoms with Crippen molar-refractivity contribution in [3.8, 4) is 0 Å². The summed E-state index contributed by atoms with van der Waals surface area (Å²) in [4.78, 5) is 4.80. The van der Waals surface area contributed by atoms with Crippen LogP contribution in [0.15, 0.2) is 29.6 Å². The molecule has 0 spiro atoms. The van der Waals surface area contributed by atoms with Crippen molar-refractivity contribution in [3.63, 3.8) is 0 Å². The predicted octanol–water partition coefficient (Wildman–Crippen LogP) is 4.25. The lowest BCUT2D eigenvalue weighted by molar-refractivity contribution is 0.559. The van der Waals surface area contributed by atoms with Crippen molar-refractivity contribution in [3.05, 3.63) is 51.5 Å². The second-order valence-electron chi connectivity index (χ2n) is 6.28. The number of hydrogen-bond acceptors (Lipinski definition) is 3. The highest BCUT2D eigenvalue weighted by Gasteiger charge is 2.19. The number of aryl methyl sites for hydroxylation is 1. The minimum Gasteiger partial charge on any atom is -0.313 e. The predicted molar refractivity (Wildman–Crippen MR) is 87.5 cm³/mol. The van der Waals surface area contributed by atoms with Gasteiger partial charge in [0.15, 0.2) is 0 Å². The summed E-state index contributed by atoms with van der Waals surface area (Å²) in [6.07, 6.45) is 0.947. The molecule has 2 rings (SSSR count). The second-order valence-corrected chi connectivity index (χ2v) is 7.22. The molecule has 0 aliphatic heterocycles. The number of rotatable bonds is 4. The monoisotopic (exact) mass is 288 g/mol. The van der Waals surface area contributed by atoms with Crippen molar-refractivity contribution in [2.45, 2.75) is 45.6 Å². The third kappa shape index (κ3) is 3.47. The highest BCUT2D eigenvalue weighted by Crippen LogP contribution is 2.27. The average Bonchev–Trinajstić information content (AvgIpc) is 2.85. The molecule has 0 fully saturated rings. The Morgan fingerprint density at radius 2 is 1.95 bits per heavy atom. The lowest BCUT2D eigenvalue weighted by Crippen LogP contribution is -2.20. The summed E-state index contributed by atoms with van der Waals surface area (Å²) in [5, 5.41) is 6.82. The van der Waals surface area contributed by atoms with Gasteiger partial charge in [-0.2, -0.15) is 0 Å². The lowest BCUT2D eigenvalue weighted by Gasteiger charge is -2.18. The van der Waals surface area contributed by atoms with E-state index in [0.717, 1.165) is 6.42 Å². The Hall–Kier alpha value is -1.19. The van der Waals surface area contributed by atoms with Crippen LogP contribution >= 0.6 is 11.3 Å². The number of hydrogen-bond donors (Lipinski definition) is 1. The molecule has 0 radical (unpaired) electrons. The number of aromatic nitrogens is 1. The molecule has 2 aromatic rings. The van der Waals surface area contributed by atoms with Crippen molar-refractivity contribution in [1.82, 2.24) is 10.3 Å². The Labute approximate surface area is 126 Å². The zero-order valence-electron chi connectivity index (χ0n) is 13.0. The van der Waals surface area contributed by atoms with Gasteiger partial charge >= 0.3 is 0 Å². The van der Waals surface area contributed by atoms with Crippen LogP contribution in [0.2, 0.25) is 0 Å². The third-order valence-electron chi connectivity index (χ3n) is 3.61. The minimum absolute atomic E-state index is 0.132. The fraction of sp³-hybridized carbons (Fsp3) is 0.471. The van der Waals surface area contributed by atoms with Gasteiger partial charge in [0.2, 0.25) is 0 Å². The van der Waals surface area contributed by atoms with E-state index in [1.54, 1.807) is 11.3 Å². The van der Waals surface area contributed by atoms with Gasteiger partial charge in [-0.05, 0) is 25.1 Å². The molecule has 1 aromatic heterocycles. The second kappa shape index (κ2) is 6.06. The molecule has 0 aliphatic rings. The highest BCUT2D eigenvalue weighted by molar-refractivity contribution is 7.09. The molecule has 108 valence electrons. The molecule has 1 unspecified atom stereocenters. The third-order valence-corrected chi connectivity index (χ3v) is 4.48. The number of nitrogens with zero attached hydrogens (tertiary/aromatic N) is 1. The fourth-order valence-electron chi connectivity index (χ4n) is 2.27. The quantitative estimate of drug-likeness (QED) is 0.909. The molecule has 1 heterocycles. The maximum absolute atomic E-state index is 4.80. The Morgan fingerprint density at radius 1 is 1.25 bits per heavy atom.